The molecule has 212 valence electrons. The van der Waals surface area contributed by atoms with Crippen LogP contribution >= 0.6 is 11.6 Å². The molecule has 39 heavy (non-hydrogen) atoms. The number of anilines is 1. The Balaban J connectivity index is 1.84. The number of carbonyl (C=O) groups excluding carboxylic acids is 1. The first kappa shape index (κ1) is 29.3. The highest BCUT2D eigenvalue weighted by Crippen LogP contribution is 2.33. The zero-order chi connectivity index (χ0) is 28.2. The maximum atomic E-state index is 13.6. The summed E-state index contributed by atoms with van der Waals surface area (Å²) < 4.78 is 31.7. The van der Waals surface area contributed by atoms with Gasteiger partial charge in [-0.1, -0.05) is 62.9 Å². The van der Waals surface area contributed by atoms with Gasteiger partial charge in [-0.15, -0.1) is 0 Å². The molecule has 1 saturated carbocycles. The number of sulfonamides is 1. The maximum Gasteiger partial charge on any atom is 0.248 e. The molecule has 2 aromatic carbocycles. The highest BCUT2D eigenvalue weighted by atomic mass is 35.5. The lowest BCUT2D eigenvalue weighted by Crippen LogP contribution is -2.28. The molecule has 4 rings (SSSR count). The molecule has 3 aromatic rings. The number of fused-ring (bicyclic) bond motifs is 1. The Morgan fingerprint density at radius 2 is 1.95 bits per heavy atom. The number of hydrogen-bond acceptors (Lipinski definition) is 6. The van der Waals surface area contributed by atoms with Gasteiger partial charge in [-0.3, -0.25) is 4.79 Å². The number of aliphatic hydroxyl groups excluding tert-OH is 1. The van der Waals surface area contributed by atoms with E-state index in [1.54, 1.807) is 6.07 Å². The molecule has 0 radical (unpaired) electrons. The average Bonchev–Trinajstić information content (AvgIpc) is 3.09. The van der Waals surface area contributed by atoms with E-state index in [0.29, 0.717) is 53.9 Å². The first-order valence-electron chi connectivity index (χ1n) is 13.6. The Morgan fingerprint density at radius 3 is 2.67 bits per heavy atom. The van der Waals surface area contributed by atoms with E-state index in [4.69, 9.17) is 22.3 Å². The zero-order valence-corrected chi connectivity index (χ0v) is 24.1. The molecule has 1 fully saturated rings. The van der Waals surface area contributed by atoms with E-state index in [1.165, 1.54) is 12.1 Å². The number of rotatable bonds is 11. The standard InChI is InChI=1S/C28H38ClN5O4S/c1-18(2)12-13-32-39(37,38)25-15-21(27(30)36)14-23-26(25)34(17-20-9-4-3-5-11-24(20)35)28(33-23)31-16-19-8-6-7-10-22(19)29/h6-8,10,14-15,18,20,24,32,35H,3-5,9,11-13,16-17H2,1-2H3,(H2,30,36)(H,31,33)/t20-,24-/m1/s1. The van der Waals surface area contributed by atoms with Crippen LogP contribution < -0.4 is 15.8 Å². The summed E-state index contributed by atoms with van der Waals surface area (Å²) in [5, 5.41) is 14.8. The van der Waals surface area contributed by atoms with Crippen molar-refractivity contribution in [2.45, 2.75) is 76.5 Å². The van der Waals surface area contributed by atoms with Gasteiger partial charge in [0.1, 0.15) is 4.90 Å². The number of benzene rings is 2. The van der Waals surface area contributed by atoms with Gasteiger partial charge >= 0.3 is 0 Å². The minimum absolute atomic E-state index is 0.0565. The number of primary amides is 1. The van der Waals surface area contributed by atoms with E-state index in [-0.39, 0.29) is 22.9 Å². The zero-order valence-electron chi connectivity index (χ0n) is 22.5. The number of carbonyl (C=O) groups is 1. The van der Waals surface area contributed by atoms with Crippen molar-refractivity contribution >= 4 is 44.5 Å². The molecular formula is C28H38ClN5O4S. The van der Waals surface area contributed by atoms with Crippen molar-refractivity contribution in [2.75, 3.05) is 11.9 Å². The normalized spacial score (nSPS) is 18.4. The van der Waals surface area contributed by atoms with Crippen LogP contribution in [-0.2, 0) is 23.1 Å². The summed E-state index contributed by atoms with van der Waals surface area (Å²) in [6.07, 6.45) is 4.68. The molecule has 0 bridgehead atoms. The van der Waals surface area contributed by atoms with E-state index in [2.05, 4.69) is 10.0 Å². The van der Waals surface area contributed by atoms with Crippen LogP contribution in [0.2, 0.25) is 5.02 Å². The van der Waals surface area contributed by atoms with E-state index in [9.17, 15) is 18.3 Å². The molecule has 1 aliphatic carbocycles. The summed E-state index contributed by atoms with van der Waals surface area (Å²) in [5.74, 6) is -0.0740. The SMILES string of the molecule is CC(C)CCNS(=O)(=O)c1cc(C(N)=O)cc2nc(NCc3ccccc3Cl)n(C[C@H]3CCCCC[C@H]3O)c12. The lowest BCUT2D eigenvalue weighted by atomic mass is 9.97. The fraction of sp³-hybridized carbons (Fsp3) is 0.500. The summed E-state index contributed by atoms with van der Waals surface area (Å²) in [4.78, 5) is 16.8. The number of halogens is 1. The van der Waals surface area contributed by atoms with Gasteiger partial charge in [0.2, 0.25) is 21.9 Å². The first-order chi connectivity index (χ1) is 18.6. The van der Waals surface area contributed by atoms with Crippen LogP contribution in [0.4, 0.5) is 5.95 Å². The van der Waals surface area contributed by atoms with Crippen molar-refractivity contribution in [3.63, 3.8) is 0 Å². The Morgan fingerprint density at radius 1 is 1.21 bits per heavy atom. The van der Waals surface area contributed by atoms with E-state index in [0.717, 1.165) is 31.2 Å². The van der Waals surface area contributed by atoms with Gasteiger partial charge in [0.05, 0.1) is 17.1 Å². The average molecular weight is 576 g/mol. The molecule has 5 N–H and O–H groups in total. The number of aliphatic hydroxyl groups is 1. The minimum Gasteiger partial charge on any atom is -0.393 e. The Bertz CT molecular complexity index is 1420. The van der Waals surface area contributed by atoms with Gasteiger partial charge in [-0.05, 0) is 48.9 Å². The van der Waals surface area contributed by atoms with Crippen molar-refractivity contribution < 1.29 is 18.3 Å². The second kappa shape index (κ2) is 12.7. The smallest absolute Gasteiger partial charge is 0.248 e. The van der Waals surface area contributed by atoms with Crippen molar-refractivity contribution in [2.24, 2.45) is 17.6 Å². The van der Waals surface area contributed by atoms with E-state index >= 15 is 0 Å². The van der Waals surface area contributed by atoms with Gasteiger partial charge in [-0.2, -0.15) is 0 Å². The van der Waals surface area contributed by atoms with Crippen LogP contribution in [0.25, 0.3) is 11.0 Å². The Kier molecular flexibility index (Phi) is 9.53. The number of nitrogens with zero attached hydrogens (tertiary/aromatic N) is 2. The molecular weight excluding hydrogens is 538 g/mol. The summed E-state index contributed by atoms with van der Waals surface area (Å²) in [6, 6.07) is 10.3. The number of hydrogen-bond donors (Lipinski definition) is 4. The fourth-order valence-corrected chi connectivity index (χ4v) is 6.57. The molecule has 0 unspecified atom stereocenters. The second-order valence-electron chi connectivity index (χ2n) is 10.7. The molecule has 2 atom stereocenters. The minimum atomic E-state index is -4.01. The quantitative estimate of drug-likeness (QED) is 0.245. The Labute approximate surface area is 235 Å². The van der Waals surface area contributed by atoms with E-state index in [1.807, 2.05) is 36.6 Å². The van der Waals surface area contributed by atoms with Gasteiger partial charge in [0, 0.05) is 36.1 Å². The van der Waals surface area contributed by atoms with Crippen LogP contribution in [0.5, 0.6) is 0 Å². The predicted molar refractivity (Wildman–Crippen MR) is 154 cm³/mol. The maximum absolute atomic E-state index is 13.6. The predicted octanol–water partition coefficient (Wildman–Crippen LogP) is 4.67. The molecule has 9 nitrogen and oxygen atoms in total. The highest BCUT2D eigenvalue weighted by Gasteiger charge is 2.29. The summed E-state index contributed by atoms with van der Waals surface area (Å²) >= 11 is 6.37. The van der Waals surface area contributed by atoms with Crippen molar-refractivity contribution in [1.82, 2.24) is 14.3 Å². The largest absolute Gasteiger partial charge is 0.393 e. The van der Waals surface area contributed by atoms with Crippen LogP contribution in [0.3, 0.4) is 0 Å². The highest BCUT2D eigenvalue weighted by molar-refractivity contribution is 7.89. The van der Waals surface area contributed by atoms with Crippen molar-refractivity contribution in [3.8, 4) is 0 Å². The Hall–Kier alpha value is -2.66. The number of aromatic nitrogens is 2. The third-order valence-electron chi connectivity index (χ3n) is 7.33. The molecule has 0 spiro atoms. The number of nitrogens with one attached hydrogen (secondary N) is 2. The fourth-order valence-electron chi connectivity index (χ4n) is 5.08. The topological polar surface area (TPSA) is 139 Å². The van der Waals surface area contributed by atoms with Crippen molar-refractivity contribution in [3.05, 3.63) is 52.5 Å². The lowest BCUT2D eigenvalue weighted by molar-refractivity contribution is 0.0917. The second-order valence-corrected chi connectivity index (χ2v) is 12.9. The first-order valence-corrected chi connectivity index (χ1v) is 15.4. The number of nitrogens with two attached hydrogens (primary N) is 1. The van der Waals surface area contributed by atoms with Gasteiger partial charge in [-0.25, -0.2) is 18.1 Å². The van der Waals surface area contributed by atoms with Gasteiger partial charge in [0.25, 0.3) is 0 Å². The molecule has 1 heterocycles. The van der Waals surface area contributed by atoms with Crippen LogP contribution in [-0.4, -0.2) is 41.6 Å². The monoisotopic (exact) mass is 575 g/mol. The summed E-state index contributed by atoms with van der Waals surface area (Å²) in [6.45, 7) is 5.02. The van der Waals surface area contributed by atoms with E-state index < -0.39 is 22.0 Å². The third-order valence-corrected chi connectivity index (χ3v) is 9.17. The third kappa shape index (κ3) is 7.11. The van der Waals surface area contributed by atoms with Crippen LogP contribution in [0.1, 0.15) is 68.3 Å². The number of amides is 1. The molecule has 1 amide bonds. The molecule has 1 aromatic heterocycles. The van der Waals surface area contributed by atoms with Gasteiger partial charge in [0.15, 0.2) is 0 Å². The molecule has 0 aliphatic heterocycles. The molecule has 1 aliphatic rings. The lowest BCUT2D eigenvalue weighted by Gasteiger charge is -2.23. The van der Waals surface area contributed by atoms with Crippen LogP contribution in [0, 0.1) is 11.8 Å². The molecule has 11 heteroatoms. The van der Waals surface area contributed by atoms with Crippen LogP contribution in [0.15, 0.2) is 41.3 Å². The molecule has 0 saturated heterocycles. The van der Waals surface area contributed by atoms with Gasteiger partial charge < -0.3 is 20.7 Å². The van der Waals surface area contributed by atoms with Crippen molar-refractivity contribution in [1.29, 1.82) is 0 Å². The number of imidazole rings is 1. The summed E-state index contributed by atoms with van der Waals surface area (Å²) in [7, 11) is -4.01. The summed E-state index contributed by atoms with van der Waals surface area (Å²) in [5.41, 5.74) is 7.20.